The van der Waals surface area contributed by atoms with Crippen molar-refractivity contribution < 1.29 is 42.6 Å². The van der Waals surface area contributed by atoms with Gasteiger partial charge in [-0.25, -0.2) is 9.78 Å². The Morgan fingerprint density at radius 2 is 1.76 bits per heavy atom. The Hall–Kier alpha value is -5.40. The summed E-state index contributed by atoms with van der Waals surface area (Å²) in [5.74, 6) is -1.84. The van der Waals surface area contributed by atoms with Crippen molar-refractivity contribution in [3.8, 4) is 28.5 Å². The number of carboxylic acid groups (broad SMARTS) is 1. The van der Waals surface area contributed by atoms with Gasteiger partial charge in [0.05, 0.1) is 36.6 Å². The Balaban J connectivity index is 0.000000493. The van der Waals surface area contributed by atoms with Gasteiger partial charge in [0.1, 0.15) is 5.75 Å². The molecular formula is C27H21F3N4O7. The number of halogens is 3. The van der Waals surface area contributed by atoms with Crippen LogP contribution in [0.5, 0.6) is 17.2 Å². The third-order valence-corrected chi connectivity index (χ3v) is 6.03. The maximum absolute atomic E-state index is 11.8. The zero-order chi connectivity index (χ0) is 29.9. The van der Waals surface area contributed by atoms with Gasteiger partial charge in [-0.2, -0.15) is 18.3 Å². The molecular weight excluding hydrogens is 549 g/mol. The molecule has 2 aromatic heterocycles. The lowest BCUT2D eigenvalue weighted by molar-refractivity contribution is -0.384. The number of phenols is 1. The number of nitro benzene ring substituents is 1. The Morgan fingerprint density at radius 1 is 1.07 bits per heavy atom. The quantitative estimate of drug-likeness (QED) is 0.173. The van der Waals surface area contributed by atoms with E-state index in [2.05, 4.69) is 15.2 Å². The molecule has 11 nitrogen and oxygen atoms in total. The van der Waals surface area contributed by atoms with Crippen LogP contribution in [0.15, 0.2) is 60.8 Å². The number of aromatic amines is 1. The van der Waals surface area contributed by atoms with E-state index >= 15 is 0 Å². The van der Waals surface area contributed by atoms with Crippen LogP contribution in [0.3, 0.4) is 0 Å². The summed E-state index contributed by atoms with van der Waals surface area (Å²) < 4.78 is 43.2. The number of benzene rings is 3. The highest BCUT2D eigenvalue weighted by atomic mass is 19.4. The van der Waals surface area contributed by atoms with Crippen molar-refractivity contribution in [2.24, 2.45) is 0 Å². The van der Waals surface area contributed by atoms with Gasteiger partial charge < -0.3 is 19.7 Å². The molecule has 5 rings (SSSR count). The summed E-state index contributed by atoms with van der Waals surface area (Å²) in [6.45, 7) is 0. The second-order valence-electron chi connectivity index (χ2n) is 8.53. The van der Waals surface area contributed by atoms with Gasteiger partial charge in [0.15, 0.2) is 17.1 Å². The molecule has 0 atom stereocenters. The number of alkyl halides is 3. The zero-order valence-corrected chi connectivity index (χ0v) is 21.4. The fraction of sp³-hybridized carbons (Fsp3) is 0.148. The number of ether oxygens (including phenoxy) is 2. The van der Waals surface area contributed by atoms with Crippen molar-refractivity contribution in [2.75, 3.05) is 14.2 Å². The molecule has 212 valence electrons. The lowest BCUT2D eigenvalue weighted by Gasteiger charge is -2.18. The maximum atomic E-state index is 11.8. The molecule has 41 heavy (non-hydrogen) atoms. The number of nitrogens with zero attached hydrogens (tertiary/aromatic N) is 3. The third-order valence-electron chi connectivity index (χ3n) is 6.03. The minimum absolute atomic E-state index is 0.106. The number of hydrogen-bond acceptors (Lipinski definition) is 8. The monoisotopic (exact) mass is 570 g/mol. The first-order chi connectivity index (χ1) is 19.5. The highest BCUT2D eigenvalue weighted by Gasteiger charge is 2.38. The van der Waals surface area contributed by atoms with Gasteiger partial charge in [-0.1, -0.05) is 30.3 Å². The molecule has 0 saturated heterocycles. The Bertz CT molecular complexity index is 1760. The number of hydrogen-bond donors (Lipinski definition) is 3. The van der Waals surface area contributed by atoms with Crippen LogP contribution in [-0.2, 0) is 11.2 Å². The van der Waals surface area contributed by atoms with Crippen molar-refractivity contribution >= 4 is 33.5 Å². The lowest BCUT2D eigenvalue weighted by Crippen LogP contribution is -2.21. The van der Waals surface area contributed by atoms with Crippen LogP contribution in [0, 0.1) is 10.1 Å². The molecule has 3 aromatic carbocycles. The van der Waals surface area contributed by atoms with E-state index in [4.69, 9.17) is 19.4 Å². The predicted octanol–water partition coefficient (Wildman–Crippen LogP) is 5.63. The number of phenolic OH excluding ortho intramolecular Hbond substituents is 1. The zero-order valence-electron chi connectivity index (χ0n) is 21.4. The number of methoxy groups -OCH3 is 2. The van der Waals surface area contributed by atoms with Gasteiger partial charge in [-0.3, -0.25) is 15.2 Å². The molecule has 14 heteroatoms. The predicted molar refractivity (Wildman–Crippen MR) is 141 cm³/mol. The maximum Gasteiger partial charge on any atom is 0.490 e. The summed E-state index contributed by atoms with van der Waals surface area (Å²) in [5, 5.41) is 38.3. The van der Waals surface area contributed by atoms with Gasteiger partial charge in [-0.15, -0.1) is 0 Å². The molecule has 0 saturated carbocycles. The van der Waals surface area contributed by atoms with E-state index in [1.165, 1.54) is 25.3 Å². The number of carbonyl (C=O) groups is 1. The van der Waals surface area contributed by atoms with E-state index < -0.39 is 17.1 Å². The first-order valence-corrected chi connectivity index (χ1v) is 11.7. The van der Waals surface area contributed by atoms with Crippen LogP contribution in [0.2, 0.25) is 0 Å². The molecule has 0 radical (unpaired) electrons. The number of H-pyrrole nitrogens is 1. The summed E-state index contributed by atoms with van der Waals surface area (Å²) in [4.78, 5) is 24.9. The Morgan fingerprint density at radius 3 is 2.34 bits per heavy atom. The number of nitrogens with one attached hydrogen (secondary N) is 1. The fourth-order valence-electron chi connectivity index (χ4n) is 4.33. The van der Waals surface area contributed by atoms with E-state index in [1.54, 1.807) is 19.4 Å². The van der Waals surface area contributed by atoms with Gasteiger partial charge in [-0.05, 0) is 23.8 Å². The highest BCUT2D eigenvalue weighted by molar-refractivity contribution is 6.13. The molecule has 2 heterocycles. The van der Waals surface area contributed by atoms with E-state index in [-0.39, 0.29) is 17.0 Å². The first kappa shape index (κ1) is 28.6. The SMILES string of the molecule is COc1cc2c(-c3cc(O)ccc3[N+](=O)[O-])nc3[nH]ncc3c2c(Cc2ccccc2)c1OC.O=C(O)C(F)(F)F. The van der Waals surface area contributed by atoms with Crippen LogP contribution in [-0.4, -0.2) is 56.7 Å². The second-order valence-corrected chi connectivity index (χ2v) is 8.53. The van der Waals surface area contributed by atoms with Crippen LogP contribution in [0.4, 0.5) is 18.9 Å². The van der Waals surface area contributed by atoms with Crippen molar-refractivity contribution in [1.82, 2.24) is 15.2 Å². The standard InChI is InChI=1S/C25H20N4O5.C2HF3O2/c1-33-21-12-17-22(18(24(21)34-2)10-14-6-4-3-5-7-14)19-13-26-28-25(19)27-23(17)16-11-15(30)8-9-20(16)29(31)32;3-2(4,5)1(6)7/h3-9,11-13,30H,10H2,1-2H3,(H,26,27,28);(H,6,7). The van der Waals surface area contributed by atoms with Crippen LogP contribution < -0.4 is 9.47 Å². The summed E-state index contributed by atoms with van der Waals surface area (Å²) in [6.07, 6.45) is -2.89. The molecule has 0 spiro atoms. The van der Waals surface area contributed by atoms with Gasteiger partial charge in [0, 0.05) is 34.2 Å². The number of rotatable bonds is 6. The first-order valence-electron chi connectivity index (χ1n) is 11.7. The molecule has 5 aromatic rings. The Kier molecular flexibility index (Phi) is 7.94. The van der Waals surface area contributed by atoms with Crippen LogP contribution in [0.25, 0.3) is 33.1 Å². The average molecular weight is 570 g/mol. The molecule has 0 bridgehead atoms. The summed E-state index contributed by atoms with van der Waals surface area (Å²) >= 11 is 0. The van der Waals surface area contributed by atoms with Crippen molar-refractivity contribution in [2.45, 2.75) is 12.6 Å². The van der Waals surface area contributed by atoms with Gasteiger partial charge >= 0.3 is 12.1 Å². The number of aromatic nitrogens is 3. The van der Waals surface area contributed by atoms with E-state index in [9.17, 15) is 28.4 Å². The summed E-state index contributed by atoms with van der Waals surface area (Å²) in [6, 6.07) is 15.5. The van der Waals surface area contributed by atoms with Crippen LogP contribution >= 0.6 is 0 Å². The average Bonchev–Trinajstić information content (AvgIpc) is 3.41. The van der Waals surface area contributed by atoms with Crippen molar-refractivity contribution in [1.29, 1.82) is 0 Å². The fourth-order valence-corrected chi connectivity index (χ4v) is 4.33. The van der Waals surface area contributed by atoms with Gasteiger partial charge in [0.25, 0.3) is 5.69 Å². The van der Waals surface area contributed by atoms with E-state index in [0.29, 0.717) is 34.6 Å². The summed E-state index contributed by atoms with van der Waals surface area (Å²) in [7, 11) is 3.11. The second kappa shape index (κ2) is 11.4. The number of nitro groups is 1. The smallest absolute Gasteiger partial charge is 0.490 e. The molecule has 0 aliphatic heterocycles. The van der Waals surface area contributed by atoms with Crippen molar-refractivity contribution in [3.63, 3.8) is 0 Å². The largest absolute Gasteiger partial charge is 0.508 e. The van der Waals surface area contributed by atoms with E-state index in [1.807, 2.05) is 30.3 Å². The van der Waals surface area contributed by atoms with Gasteiger partial charge in [0.2, 0.25) is 0 Å². The van der Waals surface area contributed by atoms with Crippen molar-refractivity contribution in [3.05, 3.63) is 82.0 Å². The molecule has 0 aliphatic rings. The lowest BCUT2D eigenvalue weighted by atomic mass is 9.92. The highest BCUT2D eigenvalue weighted by Crippen LogP contribution is 2.45. The molecule has 0 fully saturated rings. The number of fused-ring (bicyclic) bond motifs is 3. The number of aromatic hydroxyl groups is 1. The Labute approximate surface area is 228 Å². The minimum Gasteiger partial charge on any atom is -0.508 e. The number of pyridine rings is 1. The van der Waals surface area contributed by atoms with E-state index in [0.717, 1.165) is 21.9 Å². The molecule has 0 amide bonds. The third kappa shape index (κ3) is 5.80. The molecule has 0 unspecified atom stereocenters. The van der Waals surface area contributed by atoms with Crippen LogP contribution in [0.1, 0.15) is 11.1 Å². The summed E-state index contributed by atoms with van der Waals surface area (Å²) in [5.41, 5.74) is 2.68. The normalized spacial score (nSPS) is 11.1. The molecule has 3 N–H and O–H groups in total. The molecule has 0 aliphatic carbocycles. The number of aliphatic carboxylic acids is 1. The minimum atomic E-state index is -5.08. The number of carboxylic acids is 1. The topological polar surface area (TPSA) is 161 Å².